The molecule has 0 fully saturated rings. The van der Waals surface area contributed by atoms with Crippen molar-refractivity contribution >= 4 is 23.2 Å². The van der Waals surface area contributed by atoms with Crippen LogP contribution in [0.15, 0.2) is 47.4 Å². The van der Waals surface area contributed by atoms with Gasteiger partial charge in [0.05, 0.1) is 16.4 Å². The van der Waals surface area contributed by atoms with E-state index in [9.17, 15) is 9.59 Å². The van der Waals surface area contributed by atoms with Gasteiger partial charge >= 0.3 is 5.97 Å². The number of hydrogen-bond acceptors (Lipinski definition) is 6. The Morgan fingerprint density at radius 3 is 2.67 bits per heavy atom. The van der Waals surface area contributed by atoms with E-state index in [0.29, 0.717) is 17.2 Å². The SMILES string of the molecule is Cc1cc(C)n(-c2ccc(Cl)c(C(=O)OCc3cc(=O)n4cccc(C)c4n3)n2)n1. The van der Waals surface area contributed by atoms with Crippen LogP contribution in [0.1, 0.15) is 33.1 Å². The normalized spacial score (nSPS) is 11.1. The summed E-state index contributed by atoms with van der Waals surface area (Å²) in [7, 11) is 0. The van der Waals surface area contributed by atoms with Gasteiger partial charge in [0.15, 0.2) is 11.5 Å². The lowest BCUT2D eigenvalue weighted by molar-refractivity contribution is 0.0461. The Bertz CT molecular complexity index is 1340. The molecule has 0 spiro atoms. The van der Waals surface area contributed by atoms with Gasteiger partial charge in [0.1, 0.15) is 12.3 Å². The number of ether oxygens (including phenoxy) is 1. The quantitative estimate of drug-likeness (QED) is 0.468. The number of fused-ring (bicyclic) bond motifs is 1. The van der Waals surface area contributed by atoms with Crippen LogP contribution in [-0.2, 0) is 11.3 Å². The molecular weight excluding hydrogens is 406 g/mol. The van der Waals surface area contributed by atoms with Gasteiger partial charge in [-0.3, -0.25) is 9.20 Å². The monoisotopic (exact) mass is 423 g/mol. The van der Waals surface area contributed by atoms with Gasteiger partial charge in [-0.2, -0.15) is 5.10 Å². The zero-order valence-corrected chi connectivity index (χ0v) is 17.3. The van der Waals surface area contributed by atoms with E-state index in [1.807, 2.05) is 32.9 Å². The Labute approximate surface area is 176 Å². The van der Waals surface area contributed by atoms with Crippen molar-refractivity contribution < 1.29 is 9.53 Å². The number of carbonyl (C=O) groups excluding carboxylic acids is 1. The van der Waals surface area contributed by atoms with Crippen molar-refractivity contribution in [1.29, 1.82) is 0 Å². The largest absolute Gasteiger partial charge is 0.454 e. The average Bonchev–Trinajstić information content (AvgIpc) is 3.05. The number of rotatable bonds is 4. The molecule has 0 saturated carbocycles. The number of halogens is 1. The van der Waals surface area contributed by atoms with Gasteiger partial charge in [0.25, 0.3) is 5.56 Å². The summed E-state index contributed by atoms with van der Waals surface area (Å²) in [6, 6.07) is 10.1. The molecule has 0 saturated heterocycles. The third-order valence-corrected chi connectivity index (χ3v) is 4.85. The number of pyridine rings is 2. The maximum absolute atomic E-state index is 12.6. The van der Waals surface area contributed by atoms with Gasteiger partial charge in [-0.1, -0.05) is 17.7 Å². The van der Waals surface area contributed by atoms with Gasteiger partial charge < -0.3 is 4.74 Å². The first-order valence-electron chi connectivity index (χ1n) is 9.18. The fourth-order valence-corrected chi connectivity index (χ4v) is 3.33. The van der Waals surface area contributed by atoms with Crippen LogP contribution in [-0.4, -0.2) is 30.1 Å². The van der Waals surface area contributed by atoms with E-state index in [1.54, 1.807) is 29.1 Å². The van der Waals surface area contributed by atoms with Gasteiger partial charge in [0.2, 0.25) is 0 Å². The van der Waals surface area contributed by atoms with Crippen LogP contribution in [0.3, 0.4) is 0 Å². The van der Waals surface area contributed by atoms with Crippen molar-refractivity contribution in [2.75, 3.05) is 0 Å². The highest BCUT2D eigenvalue weighted by atomic mass is 35.5. The zero-order chi connectivity index (χ0) is 21.4. The second-order valence-corrected chi connectivity index (χ2v) is 7.29. The third-order valence-electron chi connectivity index (χ3n) is 4.54. The van der Waals surface area contributed by atoms with Crippen LogP contribution >= 0.6 is 11.6 Å². The Morgan fingerprint density at radius 1 is 1.13 bits per heavy atom. The van der Waals surface area contributed by atoms with Crippen LogP contribution in [0.5, 0.6) is 0 Å². The smallest absolute Gasteiger partial charge is 0.358 e. The molecule has 8 nitrogen and oxygen atoms in total. The van der Waals surface area contributed by atoms with E-state index in [-0.39, 0.29) is 22.9 Å². The van der Waals surface area contributed by atoms with Crippen LogP contribution in [0.25, 0.3) is 11.5 Å². The summed E-state index contributed by atoms with van der Waals surface area (Å²) in [6.45, 7) is 5.43. The van der Waals surface area contributed by atoms with E-state index in [1.165, 1.54) is 10.5 Å². The number of aryl methyl sites for hydroxylation is 3. The van der Waals surface area contributed by atoms with Crippen LogP contribution < -0.4 is 5.56 Å². The molecule has 4 aromatic heterocycles. The fraction of sp³-hybridized carbons (Fsp3) is 0.190. The van der Waals surface area contributed by atoms with Crippen molar-refractivity contribution in [1.82, 2.24) is 24.1 Å². The summed E-state index contributed by atoms with van der Waals surface area (Å²) in [6.07, 6.45) is 1.64. The van der Waals surface area contributed by atoms with Crippen LogP contribution in [0.4, 0.5) is 0 Å². The molecule has 0 aliphatic rings. The molecule has 0 unspecified atom stereocenters. The second-order valence-electron chi connectivity index (χ2n) is 6.89. The first kappa shape index (κ1) is 19.8. The highest BCUT2D eigenvalue weighted by molar-refractivity contribution is 6.33. The number of aromatic nitrogens is 5. The molecule has 0 N–H and O–H groups in total. The average molecular weight is 424 g/mol. The van der Waals surface area contributed by atoms with E-state index in [4.69, 9.17) is 16.3 Å². The summed E-state index contributed by atoms with van der Waals surface area (Å²) in [5, 5.41) is 4.52. The number of hydrogen-bond donors (Lipinski definition) is 0. The molecule has 0 aromatic carbocycles. The van der Waals surface area contributed by atoms with E-state index in [0.717, 1.165) is 17.0 Å². The molecule has 0 aliphatic heterocycles. The summed E-state index contributed by atoms with van der Waals surface area (Å²) in [5.74, 6) is -0.259. The molecule has 4 heterocycles. The maximum atomic E-state index is 12.6. The summed E-state index contributed by atoms with van der Waals surface area (Å²) < 4.78 is 8.40. The predicted octanol–water partition coefficient (Wildman–Crippen LogP) is 3.21. The van der Waals surface area contributed by atoms with Crippen molar-refractivity contribution in [2.45, 2.75) is 27.4 Å². The highest BCUT2D eigenvalue weighted by Gasteiger charge is 2.17. The lowest BCUT2D eigenvalue weighted by Gasteiger charge is -2.09. The summed E-state index contributed by atoms with van der Waals surface area (Å²) >= 11 is 6.17. The Kier molecular flexibility index (Phi) is 5.09. The molecule has 4 rings (SSSR count). The van der Waals surface area contributed by atoms with Crippen molar-refractivity contribution in [3.8, 4) is 5.82 Å². The Morgan fingerprint density at radius 2 is 1.93 bits per heavy atom. The van der Waals surface area contributed by atoms with Crippen LogP contribution in [0, 0.1) is 20.8 Å². The number of carbonyl (C=O) groups is 1. The molecule has 9 heteroatoms. The second kappa shape index (κ2) is 7.72. The van der Waals surface area contributed by atoms with Gasteiger partial charge in [0, 0.05) is 18.0 Å². The molecule has 0 atom stereocenters. The first-order valence-corrected chi connectivity index (χ1v) is 9.56. The van der Waals surface area contributed by atoms with Gasteiger partial charge in [-0.05, 0) is 50.6 Å². The highest BCUT2D eigenvalue weighted by Crippen LogP contribution is 2.19. The lowest BCUT2D eigenvalue weighted by atomic mass is 10.3. The van der Waals surface area contributed by atoms with E-state index >= 15 is 0 Å². The third kappa shape index (κ3) is 3.69. The standard InChI is InChI=1S/C21H18ClN5O3/c1-12-5-4-8-26-18(28)10-15(23-20(12)26)11-30-21(29)19-16(22)6-7-17(24-19)27-14(3)9-13(2)25-27/h4-10H,11H2,1-3H3. The summed E-state index contributed by atoms with van der Waals surface area (Å²) in [5.41, 5.74) is 3.11. The van der Waals surface area contributed by atoms with Gasteiger partial charge in [-0.25, -0.2) is 19.4 Å². The Hall–Kier alpha value is -3.52. The van der Waals surface area contributed by atoms with Crippen LogP contribution in [0.2, 0.25) is 5.02 Å². The Balaban J connectivity index is 1.60. The molecule has 0 amide bonds. The molecule has 0 bridgehead atoms. The van der Waals surface area contributed by atoms with Crippen molar-refractivity contribution in [3.63, 3.8) is 0 Å². The van der Waals surface area contributed by atoms with Gasteiger partial charge in [-0.15, -0.1) is 0 Å². The van der Waals surface area contributed by atoms with Crippen molar-refractivity contribution in [2.24, 2.45) is 0 Å². The van der Waals surface area contributed by atoms with Crippen molar-refractivity contribution in [3.05, 3.63) is 86.3 Å². The minimum absolute atomic E-state index is 0.0320. The molecule has 0 radical (unpaired) electrons. The predicted molar refractivity (Wildman–Crippen MR) is 111 cm³/mol. The topological polar surface area (TPSA) is 91.4 Å². The molecule has 152 valence electrons. The number of nitrogens with zero attached hydrogens (tertiary/aromatic N) is 5. The molecular formula is C21H18ClN5O3. The summed E-state index contributed by atoms with van der Waals surface area (Å²) in [4.78, 5) is 33.7. The lowest BCUT2D eigenvalue weighted by Crippen LogP contribution is -2.17. The van der Waals surface area contributed by atoms with E-state index < -0.39 is 5.97 Å². The maximum Gasteiger partial charge on any atom is 0.358 e. The molecule has 4 aromatic rings. The fourth-order valence-electron chi connectivity index (χ4n) is 3.14. The van der Waals surface area contributed by atoms with E-state index in [2.05, 4.69) is 15.1 Å². The minimum atomic E-state index is -0.713. The zero-order valence-electron chi connectivity index (χ0n) is 16.6. The number of esters is 1. The minimum Gasteiger partial charge on any atom is -0.454 e. The first-order chi connectivity index (χ1) is 14.3. The molecule has 0 aliphatic carbocycles. The molecule has 30 heavy (non-hydrogen) atoms.